The van der Waals surface area contributed by atoms with Gasteiger partial charge in [-0.15, -0.1) is 0 Å². The molecule has 0 aliphatic heterocycles. The van der Waals surface area contributed by atoms with Gasteiger partial charge in [-0.3, -0.25) is 4.79 Å². The van der Waals surface area contributed by atoms with E-state index in [0.717, 1.165) is 5.56 Å². The predicted molar refractivity (Wildman–Crippen MR) is 66.3 cm³/mol. The van der Waals surface area contributed by atoms with Gasteiger partial charge in [0.2, 0.25) is 5.91 Å². The molecule has 1 atom stereocenters. The maximum Gasteiger partial charge on any atom is 0.220 e. The third kappa shape index (κ3) is 3.83. The molecule has 1 rings (SSSR count). The summed E-state index contributed by atoms with van der Waals surface area (Å²) in [5, 5.41) is 3.57. The zero-order valence-electron chi connectivity index (χ0n) is 9.37. The maximum absolute atomic E-state index is 11.5. The van der Waals surface area contributed by atoms with Crippen LogP contribution in [0, 0.1) is 0 Å². The molecule has 0 radical (unpaired) electrons. The molecule has 0 spiro atoms. The molecule has 0 aliphatic carbocycles. The van der Waals surface area contributed by atoms with Crippen LogP contribution in [0.5, 0.6) is 0 Å². The molecule has 0 saturated heterocycles. The van der Waals surface area contributed by atoms with Gasteiger partial charge in [-0.05, 0) is 31.5 Å². The zero-order chi connectivity index (χ0) is 12.0. The monoisotopic (exact) mass is 240 g/mol. The highest BCUT2D eigenvalue weighted by molar-refractivity contribution is 6.31. The van der Waals surface area contributed by atoms with Gasteiger partial charge in [0.05, 0.1) is 6.04 Å². The first-order valence-electron chi connectivity index (χ1n) is 5.39. The fourth-order valence-electron chi connectivity index (χ4n) is 1.48. The third-order valence-electron chi connectivity index (χ3n) is 2.36. The molecule has 1 aromatic rings. The van der Waals surface area contributed by atoms with Crippen LogP contribution in [0.2, 0.25) is 5.02 Å². The molecule has 0 aromatic heterocycles. The molecule has 3 nitrogen and oxygen atoms in total. The van der Waals surface area contributed by atoms with E-state index < -0.39 is 0 Å². The quantitative estimate of drug-likeness (QED) is 0.830. The summed E-state index contributed by atoms with van der Waals surface area (Å²) in [7, 11) is 0. The molecule has 3 N–H and O–H groups in total. The number of carbonyl (C=O) groups is 1. The zero-order valence-corrected chi connectivity index (χ0v) is 10.1. The Kier molecular flexibility index (Phi) is 5.29. The minimum Gasteiger partial charge on any atom is -0.350 e. The molecule has 1 aromatic carbocycles. The number of carbonyl (C=O) groups excluding carboxylic acids is 1. The summed E-state index contributed by atoms with van der Waals surface area (Å²) in [6.45, 7) is 2.45. The second kappa shape index (κ2) is 6.51. The fraction of sp³-hybridized carbons (Fsp3) is 0.417. The molecule has 0 heterocycles. The maximum atomic E-state index is 11.5. The van der Waals surface area contributed by atoms with Crippen molar-refractivity contribution in [2.75, 3.05) is 6.54 Å². The first kappa shape index (κ1) is 13.0. The molecular weight excluding hydrogens is 224 g/mol. The number of benzene rings is 1. The van der Waals surface area contributed by atoms with Gasteiger partial charge in [0, 0.05) is 11.4 Å². The Bertz CT molecular complexity index is 355. The number of amides is 1. The lowest BCUT2D eigenvalue weighted by Crippen LogP contribution is -2.27. The lowest BCUT2D eigenvalue weighted by atomic mass is 10.1. The average Bonchev–Trinajstić information content (AvgIpc) is 2.26. The standard InChI is InChI=1S/C12H17ClN2O/c1-9(15-12(16)7-4-8-14)10-5-2-3-6-11(10)13/h2-3,5-6,9H,4,7-8,14H2,1H3,(H,15,16). The summed E-state index contributed by atoms with van der Waals surface area (Å²) < 4.78 is 0. The van der Waals surface area contributed by atoms with E-state index in [1.165, 1.54) is 0 Å². The van der Waals surface area contributed by atoms with Crippen molar-refractivity contribution in [1.82, 2.24) is 5.32 Å². The molecule has 0 aliphatic rings. The molecule has 0 saturated carbocycles. The van der Waals surface area contributed by atoms with Gasteiger partial charge >= 0.3 is 0 Å². The van der Waals surface area contributed by atoms with E-state index in [0.29, 0.717) is 24.4 Å². The number of halogens is 1. The van der Waals surface area contributed by atoms with Crippen LogP contribution >= 0.6 is 11.6 Å². The summed E-state index contributed by atoms with van der Waals surface area (Å²) >= 11 is 6.04. The van der Waals surface area contributed by atoms with Gasteiger partial charge in [-0.2, -0.15) is 0 Å². The van der Waals surface area contributed by atoms with Crippen LogP contribution in [0.1, 0.15) is 31.4 Å². The SMILES string of the molecule is CC(NC(=O)CCCN)c1ccccc1Cl. The first-order chi connectivity index (χ1) is 7.65. The largest absolute Gasteiger partial charge is 0.350 e. The van der Waals surface area contributed by atoms with Crippen molar-refractivity contribution < 1.29 is 4.79 Å². The van der Waals surface area contributed by atoms with Gasteiger partial charge < -0.3 is 11.1 Å². The van der Waals surface area contributed by atoms with Crippen LogP contribution < -0.4 is 11.1 Å². The summed E-state index contributed by atoms with van der Waals surface area (Å²) in [5.41, 5.74) is 6.28. The lowest BCUT2D eigenvalue weighted by molar-refractivity contribution is -0.121. The third-order valence-corrected chi connectivity index (χ3v) is 2.70. The van der Waals surface area contributed by atoms with Gasteiger partial charge in [0.15, 0.2) is 0 Å². The number of nitrogens with two attached hydrogens (primary N) is 1. The minimum atomic E-state index is -0.0704. The summed E-state index contributed by atoms with van der Waals surface area (Å²) in [6.07, 6.45) is 1.17. The second-order valence-electron chi connectivity index (χ2n) is 3.70. The van der Waals surface area contributed by atoms with Crippen molar-refractivity contribution in [1.29, 1.82) is 0 Å². The smallest absolute Gasteiger partial charge is 0.220 e. The molecule has 88 valence electrons. The number of hydrogen-bond acceptors (Lipinski definition) is 2. The van der Waals surface area contributed by atoms with E-state index in [2.05, 4.69) is 5.32 Å². The topological polar surface area (TPSA) is 55.1 Å². The van der Waals surface area contributed by atoms with E-state index in [-0.39, 0.29) is 11.9 Å². The fourth-order valence-corrected chi connectivity index (χ4v) is 1.78. The van der Waals surface area contributed by atoms with Crippen LogP contribution in [-0.4, -0.2) is 12.5 Å². The van der Waals surface area contributed by atoms with Crippen LogP contribution in [0.25, 0.3) is 0 Å². The first-order valence-corrected chi connectivity index (χ1v) is 5.76. The molecule has 1 amide bonds. The van der Waals surface area contributed by atoms with E-state index in [1.54, 1.807) is 0 Å². The Morgan fingerprint density at radius 2 is 2.19 bits per heavy atom. The van der Waals surface area contributed by atoms with Crippen molar-refractivity contribution in [3.63, 3.8) is 0 Å². The Hall–Kier alpha value is -1.06. The van der Waals surface area contributed by atoms with Crippen molar-refractivity contribution >= 4 is 17.5 Å². The molecule has 16 heavy (non-hydrogen) atoms. The van der Waals surface area contributed by atoms with Gasteiger partial charge in [0.25, 0.3) is 0 Å². The Morgan fingerprint density at radius 3 is 2.81 bits per heavy atom. The van der Waals surface area contributed by atoms with E-state index in [1.807, 2.05) is 31.2 Å². The van der Waals surface area contributed by atoms with Crippen LogP contribution in [0.3, 0.4) is 0 Å². The Labute approximate surface area is 101 Å². The van der Waals surface area contributed by atoms with Gasteiger partial charge in [-0.25, -0.2) is 0 Å². The molecule has 1 unspecified atom stereocenters. The number of nitrogens with one attached hydrogen (secondary N) is 1. The minimum absolute atomic E-state index is 0.0119. The van der Waals surface area contributed by atoms with Gasteiger partial charge in [0.1, 0.15) is 0 Å². The Balaban J connectivity index is 2.55. The van der Waals surface area contributed by atoms with Crippen LogP contribution in [0.4, 0.5) is 0 Å². The molecular formula is C12H17ClN2O. The van der Waals surface area contributed by atoms with Crippen LogP contribution in [-0.2, 0) is 4.79 Å². The second-order valence-corrected chi connectivity index (χ2v) is 4.11. The summed E-state index contributed by atoms with van der Waals surface area (Å²) in [5.74, 6) is 0.0119. The normalized spacial score (nSPS) is 12.2. The summed E-state index contributed by atoms with van der Waals surface area (Å²) in [6, 6.07) is 7.44. The van der Waals surface area contributed by atoms with Crippen molar-refractivity contribution in [2.45, 2.75) is 25.8 Å². The van der Waals surface area contributed by atoms with Gasteiger partial charge in [-0.1, -0.05) is 29.8 Å². The van der Waals surface area contributed by atoms with E-state index >= 15 is 0 Å². The number of hydrogen-bond donors (Lipinski definition) is 2. The van der Waals surface area contributed by atoms with Crippen LogP contribution in [0.15, 0.2) is 24.3 Å². The molecule has 4 heteroatoms. The number of rotatable bonds is 5. The lowest BCUT2D eigenvalue weighted by Gasteiger charge is -2.15. The summed E-state index contributed by atoms with van der Waals surface area (Å²) in [4.78, 5) is 11.5. The van der Waals surface area contributed by atoms with Crippen molar-refractivity contribution in [3.8, 4) is 0 Å². The van der Waals surface area contributed by atoms with E-state index in [9.17, 15) is 4.79 Å². The Morgan fingerprint density at radius 1 is 1.50 bits per heavy atom. The van der Waals surface area contributed by atoms with Crippen molar-refractivity contribution in [3.05, 3.63) is 34.9 Å². The average molecular weight is 241 g/mol. The van der Waals surface area contributed by atoms with E-state index in [4.69, 9.17) is 17.3 Å². The molecule has 0 bridgehead atoms. The highest BCUT2D eigenvalue weighted by Crippen LogP contribution is 2.22. The highest BCUT2D eigenvalue weighted by atomic mass is 35.5. The molecule has 0 fully saturated rings. The predicted octanol–water partition coefficient (Wildman–Crippen LogP) is 2.26. The highest BCUT2D eigenvalue weighted by Gasteiger charge is 2.11. The van der Waals surface area contributed by atoms with Crippen molar-refractivity contribution in [2.24, 2.45) is 5.73 Å².